The molecule has 1 saturated heterocycles. The normalized spacial score (nSPS) is 14.2. The summed E-state index contributed by atoms with van der Waals surface area (Å²) in [5.41, 5.74) is 3.20. The summed E-state index contributed by atoms with van der Waals surface area (Å²) in [5.74, 6) is -0.113. The maximum Gasteiger partial charge on any atom is 0.332 e. The molecule has 4 aromatic carbocycles. The van der Waals surface area contributed by atoms with Crippen LogP contribution in [0.15, 0.2) is 113 Å². The van der Waals surface area contributed by atoms with Gasteiger partial charge in [0.05, 0.1) is 24.0 Å². The minimum Gasteiger partial charge on any atom is -0.349 e. The highest BCUT2D eigenvalue weighted by atomic mass is 35.5. The zero-order valence-corrected chi connectivity index (χ0v) is 24.5. The third kappa shape index (κ3) is 6.48. The lowest BCUT2D eigenvalue weighted by Gasteiger charge is -2.32. The van der Waals surface area contributed by atoms with E-state index in [9.17, 15) is 14.4 Å². The van der Waals surface area contributed by atoms with E-state index in [-0.39, 0.29) is 30.6 Å². The highest BCUT2D eigenvalue weighted by molar-refractivity contribution is 6.31. The van der Waals surface area contributed by atoms with Crippen LogP contribution in [0, 0.1) is 0 Å². The van der Waals surface area contributed by atoms with E-state index in [2.05, 4.69) is 34.5 Å². The molecule has 2 heterocycles. The molecule has 0 atom stereocenters. The van der Waals surface area contributed by atoms with E-state index in [1.807, 2.05) is 30.3 Å². The zero-order valence-electron chi connectivity index (χ0n) is 23.8. The van der Waals surface area contributed by atoms with Crippen LogP contribution >= 0.6 is 11.6 Å². The monoisotopic (exact) mass is 592 g/mol. The van der Waals surface area contributed by atoms with Gasteiger partial charge in [0.2, 0.25) is 0 Å². The summed E-state index contributed by atoms with van der Waals surface area (Å²) in [7, 11) is 0. The number of fused-ring (bicyclic) bond motifs is 1. The Morgan fingerprint density at radius 2 is 1.37 bits per heavy atom. The van der Waals surface area contributed by atoms with Gasteiger partial charge in [0, 0.05) is 36.3 Å². The first-order valence-corrected chi connectivity index (χ1v) is 15.0. The molecule has 1 N–H and O–H groups in total. The van der Waals surface area contributed by atoms with Crippen LogP contribution in [-0.4, -0.2) is 39.1 Å². The fourth-order valence-electron chi connectivity index (χ4n) is 5.75. The van der Waals surface area contributed by atoms with Crippen molar-refractivity contribution >= 4 is 28.4 Å². The van der Waals surface area contributed by atoms with Crippen LogP contribution in [0.4, 0.5) is 0 Å². The van der Waals surface area contributed by atoms with Crippen LogP contribution in [0.1, 0.15) is 39.9 Å². The number of hydrogen-bond donors (Lipinski definition) is 1. The number of likely N-dealkylation sites (tertiary alicyclic amines) is 1. The smallest absolute Gasteiger partial charge is 0.332 e. The van der Waals surface area contributed by atoms with Gasteiger partial charge in [0.1, 0.15) is 0 Å². The van der Waals surface area contributed by atoms with Gasteiger partial charge >= 0.3 is 5.69 Å². The molecule has 218 valence electrons. The Labute approximate surface area is 255 Å². The van der Waals surface area contributed by atoms with E-state index in [1.54, 1.807) is 53.1 Å². The molecule has 43 heavy (non-hydrogen) atoms. The second kappa shape index (κ2) is 12.8. The van der Waals surface area contributed by atoms with Crippen molar-refractivity contribution in [2.24, 2.45) is 0 Å². The van der Waals surface area contributed by atoms with Crippen molar-refractivity contribution in [2.45, 2.75) is 38.5 Å². The molecule has 8 heteroatoms. The summed E-state index contributed by atoms with van der Waals surface area (Å²) in [4.78, 5) is 42.5. The number of rotatable bonds is 8. The molecule has 0 bridgehead atoms. The lowest BCUT2D eigenvalue weighted by atomic mass is 10.0. The van der Waals surface area contributed by atoms with Crippen LogP contribution in [0.25, 0.3) is 10.9 Å². The summed E-state index contributed by atoms with van der Waals surface area (Å²) in [6, 6.07) is 32.2. The predicted molar refractivity (Wildman–Crippen MR) is 171 cm³/mol. The Bertz CT molecular complexity index is 1860. The average Bonchev–Trinajstić information content (AvgIpc) is 3.04. The van der Waals surface area contributed by atoms with Gasteiger partial charge in [-0.3, -0.25) is 23.6 Å². The molecular weight excluding hydrogens is 560 g/mol. The standard InChI is InChI=1S/C35H33ClN4O3/c36-31-12-6-4-10-28(31)24-39-32-13-7-5-11-30(32)34(42)40(35(39)43)23-26-14-16-27(17-15-26)33(41)37-29-18-20-38(21-19-29)22-25-8-2-1-3-9-25/h1-17,29H,18-24H2,(H,37,41). The van der Waals surface area contributed by atoms with E-state index < -0.39 is 5.69 Å². The van der Waals surface area contributed by atoms with Gasteiger partial charge in [-0.15, -0.1) is 0 Å². The third-order valence-electron chi connectivity index (χ3n) is 8.15. The number of nitrogens with zero attached hydrogens (tertiary/aromatic N) is 3. The number of halogens is 1. The Kier molecular flexibility index (Phi) is 8.54. The molecule has 5 aromatic rings. The number of piperidine rings is 1. The Balaban J connectivity index is 1.14. The molecule has 0 spiro atoms. The number of carbonyl (C=O) groups is 1. The fourth-order valence-corrected chi connectivity index (χ4v) is 5.95. The number of benzene rings is 4. The quantitative estimate of drug-likeness (QED) is 0.265. The Morgan fingerprint density at radius 3 is 2.12 bits per heavy atom. The van der Waals surface area contributed by atoms with Gasteiger partial charge in [-0.25, -0.2) is 4.79 Å². The minimum atomic E-state index is -0.413. The van der Waals surface area contributed by atoms with Gasteiger partial charge in [-0.2, -0.15) is 0 Å². The number of aromatic nitrogens is 2. The van der Waals surface area contributed by atoms with Crippen molar-refractivity contribution in [3.63, 3.8) is 0 Å². The second-order valence-electron chi connectivity index (χ2n) is 11.1. The Morgan fingerprint density at radius 1 is 0.721 bits per heavy atom. The number of hydrogen-bond acceptors (Lipinski definition) is 4. The van der Waals surface area contributed by atoms with Gasteiger partial charge in [-0.1, -0.05) is 84.4 Å². The molecule has 1 amide bonds. The van der Waals surface area contributed by atoms with Gasteiger partial charge in [0.15, 0.2) is 0 Å². The zero-order chi connectivity index (χ0) is 29.8. The van der Waals surface area contributed by atoms with E-state index in [0.29, 0.717) is 21.5 Å². The number of para-hydroxylation sites is 1. The van der Waals surface area contributed by atoms with Crippen LogP contribution in [0.3, 0.4) is 0 Å². The minimum absolute atomic E-state index is 0.0901. The van der Waals surface area contributed by atoms with Crippen molar-refractivity contribution in [2.75, 3.05) is 13.1 Å². The molecule has 7 nitrogen and oxygen atoms in total. The largest absolute Gasteiger partial charge is 0.349 e. The third-order valence-corrected chi connectivity index (χ3v) is 8.52. The van der Waals surface area contributed by atoms with E-state index in [1.165, 1.54) is 10.1 Å². The maximum absolute atomic E-state index is 13.7. The number of amides is 1. The first-order chi connectivity index (χ1) is 21.0. The lowest BCUT2D eigenvalue weighted by molar-refractivity contribution is 0.0909. The predicted octanol–water partition coefficient (Wildman–Crippen LogP) is 5.31. The van der Waals surface area contributed by atoms with Crippen molar-refractivity contribution in [1.82, 2.24) is 19.4 Å². The molecule has 6 rings (SSSR count). The van der Waals surface area contributed by atoms with Gasteiger partial charge in [0.25, 0.3) is 11.5 Å². The van der Waals surface area contributed by atoms with Crippen molar-refractivity contribution in [3.8, 4) is 0 Å². The summed E-state index contributed by atoms with van der Waals surface area (Å²) in [6.45, 7) is 3.13. The topological polar surface area (TPSA) is 76.3 Å². The van der Waals surface area contributed by atoms with Gasteiger partial charge < -0.3 is 5.32 Å². The highest BCUT2D eigenvalue weighted by Crippen LogP contribution is 2.18. The van der Waals surface area contributed by atoms with Crippen LogP contribution in [-0.2, 0) is 19.6 Å². The molecule has 1 aliphatic rings. The molecule has 0 radical (unpaired) electrons. The van der Waals surface area contributed by atoms with Crippen molar-refractivity contribution in [1.29, 1.82) is 0 Å². The van der Waals surface area contributed by atoms with E-state index >= 15 is 0 Å². The van der Waals surface area contributed by atoms with Crippen LogP contribution in [0.2, 0.25) is 5.02 Å². The van der Waals surface area contributed by atoms with Crippen LogP contribution < -0.4 is 16.6 Å². The maximum atomic E-state index is 13.7. The van der Waals surface area contributed by atoms with E-state index in [4.69, 9.17) is 11.6 Å². The summed E-state index contributed by atoms with van der Waals surface area (Å²) in [6.07, 6.45) is 1.81. The molecule has 1 aliphatic heterocycles. The fraction of sp³-hybridized carbons (Fsp3) is 0.229. The number of nitrogens with one attached hydrogen (secondary N) is 1. The second-order valence-corrected chi connectivity index (χ2v) is 11.5. The molecule has 0 saturated carbocycles. The molecular formula is C35H33ClN4O3. The first-order valence-electron chi connectivity index (χ1n) is 14.6. The first kappa shape index (κ1) is 28.6. The molecule has 1 fully saturated rings. The van der Waals surface area contributed by atoms with Gasteiger partial charge in [-0.05, 0) is 59.9 Å². The molecule has 0 aliphatic carbocycles. The molecule has 0 unspecified atom stereocenters. The van der Waals surface area contributed by atoms with Crippen LogP contribution in [0.5, 0.6) is 0 Å². The molecule has 1 aromatic heterocycles. The SMILES string of the molecule is O=C(NC1CCN(Cc2ccccc2)CC1)c1ccc(Cn2c(=O)c3ccccc3n(Cc3ccccc3Cl)c2=O)cc1. The summed E-state index contributed by atoms with van der Waals surface area (Å²) >= 11 is 6.40. The average molecular weight is 593 g/mol. The number of carbonyl (C=O) groups excluding carboxylic acids is 1. The van der Waals surface area contributed by atoms with Crippen molar-refractivity contribution in [3.05, 3.63) is 151 Å². The summed E-state index contributed by atoms with van der Waals surface area (Å²) in [5, 5.41) is 4.19. The highest BCUT2D eigenvalue weighted by Gasteiger charge is 2.21. The van der Waals surface area contributed by atoms with E-state index in [0.717, 1.165) is 43.6 Å². The van der Waals surface area contributed by atoms with Crippen molar-refractivity contribution < 1.29 is 4.79 Å². The lowest BCUT2D eigenvalue weighted by Crippen LogP contribution is -2.44. The summed E-state index contributed by atoms with van der Waals surface area (Å²) < 4.78 is 2.84. The Hall–Kier alpha value is -4.46.